The van der Waals surface area contributed by atoms with Crippen molar-refractivity contribution < 1.29 is 4.42 Å². The molecule has 0 bridgehead atoms. The van der Waals surface area contributed by atoms with E-state index in [0.717, 1.165) is 50.4 Å². The van der Waals surface area contributed by atoms with Crippen LogP contribution in [0.4, 0.5) is 0 Å². The van der Waals surface area contributed by atoms with Crippen molar-refractivity contribution in [2.45, 2.75) is 51.5 Å². The molecular weight excluding hydrogens is 427 g/mol. The van der Waals surface area contributed by atoms with E-state index in [1.807, 2.05) is 6.07 Å². The Hall–Kier alpha value is -0.760. The fraction of sp³-hybridized carbons (Fsp3) is 0.737. The highest BCUT2D eigenvalue weighted by molar-refractivity contribution is 14.0. The lowest BCUT2D eigenvalue weighted by atomic mass is 10.1. The maximum absolute atomic E-state index is 5.71. The van der Waals surface area contributed by atoms with Gasteiger partial charge in [0.1, 0.15) is 5.76 Å². The zero-order valence-electron chi connectivity index (χ0n) is 15.4. The van der Waals surface area contributed by atoms with E-state index in [0.29, 0.717) is 0 Å². The first-order chi connectivity index (χ1) is 11.9. The zero-order valence-corrected chi connectivity index (χ0v) is 17.7. The molecule has 2 heterocycles. The molecule has 5 nitrogen and oxygen atoms in total. The molecule has 2 aliphatic rings. The van der Waals surface area contributed by atoms with Crippen LogP contribution in [0.2, 0.25) is 0 Å². The van der Waals surface area contributed by atoms with Gasteiger partial charge in [0.25, 0.3) is 0 Å². The summed E-state index contributed by atoms with van der Waals surface area (Å²) in [6.07, 6.45) is 9.75. The minimum atomic E-state index is 0. The SMILES string of the molecule is CCNC(=NCC(c1ccco1)N1CCCCC1)NCCC1CC1.I. The lowest BCUT2D eigenvalue weighted by Gasteiger charge is -2.32. The Morgan fingerprint density at radius 2 is 2.08 bits per heavy atom. The normalized spacial score (nSPS) is 20.0. The molecule has 1 aromatic heterocycles. The van der Waals surface area contributed by atoms with E-state index >= 15 is 0 Å². The summed E-state index contributed by atoms with van der Waals surface area (Å²) in [5.74, 6) is 2.92. The van der Waals surface area contributed by atoms with Crippen molar-refractivity contribution in [3.63, 3.8) is 0 Å². The molecule has 1 aliphatic carbocycles. The second kappa shape index (κ2) is 11.1. The van der Waals surface area contributed by atoms with Gasteiger partial charge < -0.3 is 15.1 Å². The third-order valence-electron chi connectivity index (χ3n) is 5.01. The molecular formula is C19H33IN4O. The number of hydrogen-bond acceptors (Lipinski definition) is 3. The van der Waals surface area contributed by atoms with Gasteiger partial charge in [-0.15, -0.1) is 24.0 Å². The van der Waals surface area contributed by atoms with Gasteiger partial charge in [-0.05, 0) is 57.3 Å². The summed E-state index contributed by atoms with van der Waals surface area (Å²) in [6, 6.07) is 4.32. The third-order valence-corrected chi connectivity index (χ3v) is 5.01. The van der Waals surface area contributed by atoms with E-state index in [4.69, 9.17) is 9.41 Å². The predicted octanol–water partition coefficient (Wildman–Crippen LogP) is 3.78. The molecule has 0 spiro atoms. The van der Waals surface area contributed by atoms with Crippen molar-refractivity contribution in [1.82, 2.24) is 15.5 Å². The van der Waals surface area contributed by atoms with E-state index in [1.54, 1.807) is 6.26 Å². The molecule has 25 heavy (non-hydrogen) atoms. The van der Waals surface area contributed by atoms with Gasteiger partial charge in [-0.2, -0.15) is 0 Å². The van der Waals surface area contributed by atoms with Crippen molar-refractivity contribution in [2.75, 3.05) is 32.7 Å². The molecule has 142 valence electrons. The van der Waals surface area contributed by atoms with Crippen molar-refractivity contribution in [3.05, 3.63) is 24.2 Å². The summed E-state index contributed by atoms with van der Waals surface area (Å²) in [6.45, 7) is 7.06. The molecule has 2 fully saturated rings. The number of likely N-dealkylation sites (tertiary alicyclic amines) is 1. The minimum Gasteiger partial charge on any atom is -0.468 e. The lowest BCUT2D eigenvalue weighted by Crippen LogP contribution is -2.40. The van der Waals surface area contributed by atoms with E-state index in [2.05, 4.69) is 28.5 Å². The van der Waals surface area contributed by atoms with Gasteiger partial charge in [0.2, 0.25) is 0 Å². The molecule has 1 atom stereocenters. The van der Waals surface area contributed by atoms with Crippen molar-refractivity contribution in [2.24, 2.45) is 10.9 Å². The summed E-state index contributed by atoms with van der Waals surface area (Å²) < 4.78 is 5.71. The predicted molar refractivity (Wildman–Crippen MR) is 114 cm³/mol. The minimum absolute atomic E-state index is 0. The largest absolute Gasteiger partial charge is 0.468 e. The van der Waals surface area contributed by atoms with E-state index < -0.39 is 0 Å². The van der Waals surface area contributed by atoms with Gasteiger partial charge in [-0.3, -0.25) is 9.89 Å². The van der Waals surface area contributed by atoms with E-state index in [1.165, 1.54) is 38.5 Å². The fourth-order valence-corrected chi connectivity index (χ4v) is 3.42. The molecule has 0 radical (unpaired) electrons. The molecule has 1 saturated carbocycles. The Kier molecular flexibility index (Phi) is 9.09. The van der Waals surface area contributed by atoms with Crippen molar-refractivity contribution >= 4 is 29.9 Å². The standard InChI is InChI=1S/C19H32N4O.HI/c1-2-20-19(21-11-10-16-8-9-16)22-15-17(18-7-6-14-24-18)23-12-4-3-5-13-23;/h6-7,14,16-17H,2-5,8-13,15H2,1H3,(H2,20,21,22);1H. The molecule has 1 aromatic rings. The lowest BCUT2D eigenvalue weighted by molar-refractivity contribution is 0.150. The summed E-state index contributed by atoms with van der Waals surface area (Å²) >= 11 is 0. The van der Waals surface area contributed by atoms with Gasteiger partial charge in [-0.25, -0.2) is 0 Å². The molecule has 1 saturated heterocycles. The number of aliphatic imine (C=N–C) groups is 1. The average Bonchev–Trinajstić information content (AvgIpc) is 3.28. The van der Waals surface area contributed by atoms with E-state index in [-0.39, 0.29) is 30.0 Å². The second-order valence-electron chi connectivity index (χ2n) is 7.01. The highest BCUT2D eigenvalue weighted by Crippen LogP contribution is 2.31. The van der Waals surface area contributed by atoms with Gasteiger partial charge in [0.15, 0.2) is 5.96 Å². The summed E-state index contributed by atoms with van der Waals surface area (Å²) in [5, 5.41) is 6.86. The first-order valence-corrected chi connectivity index (χ1v) is 9.66. The van der Waals surface area contributed by atoms with Crippen LogP contribution in [0.25, 0.3) is 0 Å². The molecule has 0 aromatic carbocycles. The summed E-state index contributed by atoms with van der Waals surface area (Å²) in [4.78, 5) is 7.38. The second-order valence-corrected chi connectivity index (χ2v) is 7.01. The summed E-state index contributed by atoms with van der Waals surface area (Å²) in [5.41, 5.74) is 0. The number of halogens is 1. The highest BCUT2D eigenvalue weighted by atomic mass is 127. The Morgan fingerprint density at radius 3 is 2.72 bits per heavy atom. The fourth-order valence-electron chi connectivity index (χ4n) is 3.42. The maximum Gasteiger partial charge on any atom is 0.191 e. The Morgan fingerprint density at radius 1 is 1.28 bits per heavy atom. The van der Waals surface area contributed by atoms with Gasteiger partial charge >= 0.3 is 0 Å². The molecule has 6 heteroatoms. The molecule has 1 aliphatic heterocycles. The highest BCUT2D eigenvalue weighted by Gasteiger charge is 2.24. The van der Waals surface area contributed by atoms with Crippen LogP contribution >= 0.6 is 24.0 Å². The van der Waals surface area contributed by atoms with Crippen LogP contribution in [-0.4, -0.2) is 43.6 Å². The zero-order chi connectivity index (χ0) is 16.6. The smallest absolute Gasteiger partial charge is 0.191 e. The van der Waals surface area contributed by atoms with Crippen LogP contribution in [-0.2, 0) is 0 Å². The molecule has 0 amide bonds. The third kappa shape index (κ3) is 6.81. The Labute approximate surface area is 169 Å². The molecule has 2 N–H and O–H groups in total. The number of nitrogens with zero attached hydrogens (tertiary/aromatic N) is 2. The topological polar surface area (TPSA) is 52.8 Å². The van der Waals surface area contributed by atoms with Crippen molar-refractivity contribution in [3.8, 4) is 0 Å². The monoisotopic (exact) mass is 460 g/mol. The number of nitrogens with one attached hydrogen (secondary N) is 2. The molecule has 1 unspecified atom stereocenters. The van der Waals surface area contributed by atoms with Gasteiger partial charge in [0.05, 0.1) is 18.8 Å². The van der Waals surface area contributed by atoms with Crippen LogP contribution in [0.1, 0.15) is 57.3 Å². The van der Waals surface area contributed by atoms with Gasteiger partial charge in [-0.1, -0.05) is 19.3 Å². The van der Waals surface area contributed by atoms with Crippen LogP contribution in [0.15, 0.2) is 27.8 Å². The van der Waals surface area contributed by atoms with Gasteiger partial charge in [0, 0.05) is 13.1 Å². The van der Waals surface area contributed by atoms with Crippen molar-refractivity contribution in [1.29, 1.82) is 0 Å². The number of furan rings is 1. The number of hydrogen-bond donors (Lipinski definition) is 2. The van der Waals surface area contributed by atoms with Crippen LogP contribution in [0.3, 0.4) is 0 Å². The Balaban J connectivity index is 0.00000225. The first-order valence-electron chi connectivity index (χ1n) is 9.66. The number of piperidine rings is 1. The van der Waals surface area contributed by atoms with Crippen LogP contribution < -0.4 is 10.6 Å². The average molecular weight is 460 g/mol. The molecule has 3 rings (SSSR count). The number of guanidine groups is 1. The quantitative estimate of drug-likeness (QED) is 0.352. The first kappa shape index (κ1) is 20.6. The summed E-state index contributed by atoms with van der Waals surface area (Å²) in [7, 11) is 0. The Bertz CT molecular complexity index is 496. The maximum atomic E-state index is 5.71. The van der Waals surface area contributed by atoms with Crippen LogP contribution in [0, 0.1) is 5.92 Å². The van der Waals surface area contributed by atoms with E-state index in [9.17, 15) is 0 Å². The van der Waals surface area contributed by atoms with Crippen LogP contribution in [0.5, 0.6) is 0 Å². The number of rotatable bonds is 8.